The Morgan fingerprint density at radius 2 is 2.00 bits per heavy atom. The zero-order valence-corrected chi connectivity index (χ0v) is 14.4. The topological polar surface area (TPSA) is 111 Å². The van der Waals surface area contributed by atoms with Gasteiger partial charge in [-0.25, -0.2) is 9.50 Å². The van der Waals surface area contributed by atoms with Crippen molar-refractivity contribution in [3.05, 3.63) is 72.6 Å². The van der Waals surface area contributed by atoms with Gasteiger partial charge in [0.15, 0.2) is 5.82 Å². The van der Waals surface area contributed by atoms with Crippen LogP contribution in [0.25, 0.3) is 16.8 Å². The molecule has 0 spiro atoms. The van der Waals surface area contributed by atoms with E-state index in [1.165, 1.54) is 6.33 Å². The highest BCUT2D eigenvalue weighted by atomic mass is 16.1. The monoisotopic (exact) mass is 359 g/mol. The lowest BCUT2D eigenvalue weighted by Crippen LogP contribution is -2.25. The zero-order valence-electron chi connectivity index (χ0n) is 14.4. The number of nitrogens with two attached hydrogens (primary N) is 1. The van der Waals surface area contributed by atoms with Gasteiger partial charge in [0.05, 0.1) is 11.3 Å². The SMILES string of the molecule is Nc1ncnn2c(-c3ccncc3)cc(C(=O)NCCc3cccnc3)c12. The van der Waals surface area contributed by atoms with Crippen LogP contribution in [0.3, 0.4) is 0 Å². The summed E-state index contributed by atoms with van der Waals surface area (Å²) in [6.45, 7) is 0.486. The van der Waals surface area contributed by atoms with Gasteiger partial charge in [0, 0.05) is 36.9 Å². The molecule has 0 unspecified atom stereocenters. The van der Waals surface area contributed by atoms with Gasteiger partial charge in [-0.2, -0.15) is 5.10 Å². The Kier molecular flexibility index (Phi) is 4.44. The van der Waals surface area contributed by atoms with Gasteiger partial charge in [0.2, 0.25) is 0 Å². The molecule has 4 aromatic heterocycles. The van der Waals surface area contributed by atoms with E-state index in [0.29, 0.717) is 24.0 Å². The third kappa shape index (κ3) is 3.32. The van der Waals surface area contributed by atoms with Crippen LogP contribution < -0.4 is 11.1 Å². The smallest absolute Gasteiger partial charge is 0.253 e. The maximum absolute atomic E-state index is 12.8. The molecule has 1 amide bonds. The number of fused-ring (bicyclic) bond motifs is 1. The Bertz CT molecular complexity index is 1080. The standard InChI is InChI=1S/C19H17N7O/c20-18-17-15(19(27)23-9-3-13-2-1-6-22-11-13)10-16(26(17)25-12-24-18)14-4-7-21-8-5-14/h1-2,4-8,10-12H,3,9H2,(H,23,27)(H2,20,24,25). The minimum Gasteiger partial charge on any atom is -0.382 e. The Hall–Kier alpha value is -3.81. The molecule has 0 aliphatic heterocycles. The number of rotatable bonds is 5. The number of pyridine rings is 2. The van der Waals surface area contributed by atoms with Crippen LogP contribution in [0.4, 0.5) is 5.82 Å². The molecule has 134 valence electrons. The average molecular weight is 359 g/mol. The van der Waals surface area contributed by atoms with Crippen LogP contribution in [0.15, 0.2) is 61.4 Å². The number of nitrogen functional groups attached to an aromatic ring is 1. The molecular formula is C19H17N7O. The molecular weight excluding hydrogens is 342 g/mol. The first-order chi connectivity index (χ1) is 13.2. The number of nitrogens with zero attached hydrogens (tertiary/aromatic N) is 5. The van der Waals surface area contributed by atoms with Crippen LogP contribution in [0.1, 0.15) is 15.9 Å². The number of hydrogen-bond donors (Lipinski definition) is 2. The van der Waals surface area contributed by atoms with Crippen molar-refractivity contribution in [3.63, 3.8) is 0 Å². The molecule has 0 atom stereocenters. The molecule has 0 bridgehead atoms. The molecule has 4 rings (SSSR count). The quantitative estimate of drug-likeness (QED) is 0.561. The number of hydrogen-bond acceptors (Lipinski definition) is 6. The second-order valence-corrected chi connectivity index (χ2v) is 5.95. The third-order valence-corrected chi connectivity index (χ3v) is 4.23. The van der Waals surface area contributed by atoms with Crippen molar-refractivity contribution in [2.45, 2.75) is 6.42 Å². The van der Waals surface area contributed by atoms with Crippen LogP contribution in [0, 0.1) is 0 Å². The van der Waals surface area contributed by atoms with Gasteiger partial charge in [-0.1, -0.05) is 6.07 Å². The second kappa shape index (κ2) is 7.20. The van der Waals surface area contributed by atoms with E-state index in [9.17, 15) is 4.79 Å². The largest absolute Gasteiger partial charge is 0.382 e. The maximum atomic E-state index is 12.8. The van der Waals surface area contributed by atoms with Crippen molar-refractivity contribution in [1.29, 1.82) is 0 Å². The van der Waals surface area contributed by atoms with E-state index < -0.39 is 0 Å². The molecule has 0 saturated carbocycles. The summed E-state index contributed by atoms with van der Waals surface area (Å²) in [5.41, 5.74) is 9.65. The third-order valence-electron chi connectivity index (χ3n) is 4.23. The zero-order chi connectivity index (χ0) is 18.6. The maximum Gasteiger partial charge on any atom is 0.253 e. The van der Waals surface area contributed by atoms with Crippen LogP contribution in [-0.2, 0) is 6.42 Å². The molecule has 0 fully saturated rings. The number of amides is 1. The summed E-state index contributed by atoms with van der Waals surface area (Å²) >= 11 is 0. The summed E-state index contributed by atoms with van der Waals surface area (Å²) in [6, 6.07) is 9.32. The van der Waals surface area contributed by atoms with Crippen LogP contribution in [0.2, 0.25) is 0 Å². The Labute approximate surface area is 155 Å². The fourth-order valence-corrected chi connectivity index (χ4v) is 2.93. The van der Waals surface area contributed by atoms with Crippen molar-refractivity contribution in [3.8, 4) is 11.3 Å². The minimum atomic E-state index is -0.224. The highest BCUT2D eigenvalue weighted by Gasteiger charge is 2.19. The number of carbonyl (C=O) groups is 1. The second-order valence-electron chi connectivity index (χ2n) is 5.95. The molecule has 0 aromatic carbocycles. The van der Waals surface area contributed by atoms with Crippen LogP contribution in [-0.4, -0.2) is 37.0 Å². The van der Waals surface area contributed by atoms with Gasteiger partial charge in [-0.05, 0) is 36.2 Å². The molecule has 8 heteroatoms. The van der Waals surface area contributed by atoms with Crippen LogP contribution in [0.5, 0.6) is 0 Å². The van der Waals surface area contributed by atoms with E-state index in [2.05, 4.69) is 25.4 Å². The van der Waals surface area contributed by atoms with Crippen molar-refractivity contribution in [2.24, 2.45) is 0 Å². The average Bonchev–Trinajstić information content (AvgIpc) is 3.11. The lowest BCUT2D eigenvalue weighted by Gasteiger charge is -2.05. The molecule has 27 heavy (non-hydrogen) atoms. The van der Waals surface area contributed by atoms with E-state index in [4.69, 9.17) is 5.73 Å². The van der Waals surface area contributed by atoms with Crippen molar-refractivity contribution < 1.29 is 4.79 Å². The molecule has 4 aromatic rings. The summed E-state index contributed by atoms with van der Waals surface area (Å²) in [6.07, 6.45) is 8.94. The molecule has 4 heterocycles. The van der Waals surface area contributed by atoms with E-state index >= 15 is 0 Å². The normalized spacial score (nSPS) is 10.8. The highest BCUT2D eigenvalue weighted by Crippen LogP contribution is 2.27. The van der Waals surface area contributed by atoms with E-state index in [1.807, 2.05) is 24.3 Å². The van der Waals surface area contributed by atoms with Gasteiger partial charge >= 0.3 is 0 Å². The number of carbonyl (C=O) groups excluding carboxylic acids is 1. The van der Waals surface area contributed by atoms with E-state index in [-0.39, 0.29) is 11.7 Å². The summed E-state index contributed by atoms with van der Waals surface area (Å²) in [5, 5.41) is 7.19. The highest BCUT2D eigenvalue weighted by molar-refractivity contribution is 6.05. The van der Waals surface area contributed by atoms with Crippen molar-refractivity contribution in [2.75, 3.05) is 12.3 Å². The molecule has 3 N–H and O–H groups in total. The van der Waals surface area contributed by atoms with Gasteiger partial charge in [0.25, 0.3) is 5.91 Å². The van der Waals surface area contributed by atoms with Crippen molar-refractivity contribution >= 4 is 17.2 Å². The van der Waals surface area contributed by atoms with Gasteiger partial charge in [-0.15, -0.1) is 0 Å². The molecule has 0 aliphatic rings. The van der Waals surface area contributed by atoms with Gasteiger partial charge < -0.3 is 11.1 Å². The summed E-state index contributed by atoms with van der Waals surface area (Å²) in [7, 11) is 0. The first-order valence-electron chi connectivity index (χ1n) is 8.44. The predicted molar refractivity (Wildman–Crippen MR) is 101 cm³/mol. The number of nitrogens with one attached hydrogen (secondary N) is 1. The van der Waals surface area contributed by atoms with E-state index in [1.54, 1.807) is 35.4 Å². The Morgan fingerprint density at radius 3 is 2.78 bits per heavy atom. The first kappa shape index (κ1) is 16.6. The van der Waals surface area contributed by atoms with Gasteiger partial charge in [-0.3, -0.25) is 14.8 Å². The fourth-order valence-electron chi connectivity index (χ4n) is 2.93. The molecule has 0 aliphatic carbocycles. The van der Waals surface area contributed by atoms with E-state index in [0.717, 1.165) is 16.8 Å². The summed E-state index contributed by atoms with van der Waals surface area (Å²) < 4.78 is 1.63. The minimum absolute atomic E-state index is 0.224. The number of anilines is 1. The van der Waals surface area contributed by atoms with Gasteiger partial charge in [0.1, 0.15) is 11.8 Å². The molecule has 0 radical (unpaired) electrons. The van der Waals surface area contributed by atoms with Crippen molar-refractivity contribution in [1.82, 2.24) is 29.9 Å². The molecule has 0 saturated heterocycles. The number of aromatic nitrogens is 5. The first-order valence-corrected chi connectivity index (χ1v) is 8.44. The predicted octanol–water partition coefficient (Wildman–Crippen LogP) is 1.74. The Morgan fingerprint density at radius 1 is 1.15 bits per heavy atom. The lowest BCUT2D eigenvalue weighted by atomic mass is 10.1. The summed E-state index contributed by atoms with van der Waals surface area (Å²) in [5.74, 6) is 0.0286. The Balaban J connectivity index is 1.64. The lowest BCUT2D eigenvalue weighted by molar-refractivity contribution is 0.0956. The van der Waals surface area contributed by atoms with Crippen LogP contribution >= 0.6 is 0 Å². The fraction of sp³-hybridized carbons (Fsp3) is 0.105. The molecule has 8 nitrogen and oxygen atoms in total. The summed E-state index contributed by atoms with van der Waals surface area (Å²) in [4.78, 5) is 24.9.